The van der Waals surface area contributed by atoms with Gasteiger partial charge in [0.05, 0.1) is 0 Å². The smallest absolute Gasteiger partial charge is 0.0330 e. The molecule has 0 aromatic rings. The average molecular weight is 541 g/mol. The minimum Gasteiger partial charge on any atom is -0.103 e. The Hall–Kier alpha value is -1.56. The van der Waals surface area contributed by atoms with Gasteiger partial charge in [0.1, 0.15) is 0 Å². The molecular formula is C38H84. The zero-order valence-electron chi connectivity index (χ0n) is 31.0. The highest BCUT2D eigenvalue weighted by atomic mass is 13.9. The minimum atomic E-state index is 0.780. The van der Waals surface area contributed by atoms with Crippen LogP contribution < -0.4 is 0 Å². The second kappa shape index (κ2) is 91.4. The molecule has 38 heavy (non-hydrogen) atoms. The van der Waals surface area contributed by atoms with Gasteiger partial charge in [-0.1, -0.05) is 140 Å². The maximum absolute atomic E-state index is 3.60. The van der Waals surface area contributed by atoms with Crippen molar-refractivity contribution in [1.82, 2.24) is 0 Å². The van der Waals surface area contributed by atoms with Gasteiger partial charge in [-0.05, 0) is 70.1 Å². The van der Waals surface area contributed by atoms with Crippen molar-refractivity contribution in [2.75, 3.05) is 0 Å². The van der Waals surface area contributed by atoms with Crippen LogP contribution in [0.15, 0.2) is 75.9 Å². The molecule has 0 bridgehead atoms. The maximum Gasteiger partial charge on any atom is -0.0330 e. The highest BCUT2D eigenvalue weighted by Gasteiger charge is 1.83. The quantitative estimate of drug-likeness (QED) is 0.311. The average Bonchev–Trinajstić information content (AvgIpc) is 2.71. The molecule has 0 fully saturated rings. The molecule has 0 aliphatic heterocycles. The molecule has 0 rings (SSSR count). The minimum absolute atomic E-state index is 0.780. The van der Waals surface area contributed by atoms with Gasteiger partial charge in [0.2, 0.25) is 0 Å². The summed E-state index contributed by atoms with van der Waals surface area (Å²) in [6, 6.07) is 0. The Morgan fingerprint density at radius 3 is 0.447 bits per heavy atom. The summed E-state index contributed by atoms with van der Waals surface area (Å²) in [4.78, 5) is 0. The zero-order valence-corrected chi connectivity index (χ0v) is 31.0. The number of allylic oxidation sites excluding steroid dienone is 6. The Labute approximate surface area is 249 Å². The topological polar surface area (TPSA) is 0 Å². The predicted molar refractivity (Wildman–Crippen MR) is 196 cm³/mol. The van der Waals surface area contributed by atoms with Crippen molar-refractivity contribution in [3.8, 4) is 0 Å². The molecule has 0 unspecified atom stereocenters. The van der Waals surface area contributed by atoms with Crippen molar-refractivity contribution < 1.29 is 0 Å². The Morgan fingerprint density at radius 1 is 0.368 bits per heavy atom. The highest BCUT2D eigenvalue weighted by molar-refractivity contribution is 4.67. The molecule has 0 saturated carbocycles. The van der Waals surface area contributed by atoms with Crippen LogP contribution in [0.1, 0.15) is 144 Å². The van der Waals surface area contributed by atoms with Gasteiger partial charge in [0.25, 0.3) is 0 Å². The summed E-state index contributed by atoms with van der Waals surface area (Å²) in [6.45, 7) is 60.4. The van der Waals surface area contributed by atoms with E-state index in [1.54, 1.807) is 24.3 Å². The van der Waals surface area contributed by atoms with Crippen LogP contribution in [0.2, 0.25) is 0 Å². The summed E-state index contributed by atoms with van der Waals surface area (Å²) in [7, 11) is 0. The largest absolute Gasteiger partial charge is 0.103 e. The third-order valence-electron chi connectivity index (χ3n) is 1.28. The summed E-state index contributed by atoms with van der Waals surface area (Å²) in [5, 5.41) is 0. The molecule has 0 saturated heterocycles. The molecule has 0 aromatic heterocycles. The third kappa shape index (κ3) is 1950. The Balaban J connectivity index is -0.0000000292. The molecule has 0 radical (unpaired) electrons. The van der Waals surface area contributed by atoms with Crippen LogP contribution in [0.5, 0.6) is 0 Å². The summed E-state index contributed by atoms with van der Waals surface area (Å²) in [6.07, 6.45) is 13.2. The number of hydrogen-bond acceptors (Lipinski definition) is 0. The Kier molecular flexibility index (Phi) is 158. The summed E-state index contributed by atoms with van der Waals surface area (Å²) in [5.41, 5.74) is 0. The van der Waals surface area contributed by atoms with Crippen LogP contribution in [0.3, 0.4) is 0 Å². The molecule has 0 atom stereocenters. The summed E-state index contributed by atoms with van der Waals surface area (Å²) >= 11 is 0. The lowest BCUT2D eigenvalue weighted by Gasteiger charge is -1.92. The number of hydrogen-bond donors (Lipinski definition) is 0. The standard InChI is InChI=1S/2C6H12.3C4H10.4C3H6.C2H6/c2*1-4-5-6(2)3;3*1-4(2)3;4*1-3-2;1-2/h2*4,6H,1,5H2,2-3H3;3*4H,1-3H3;4*3H,1H2,2H3;1-2H3. The van der Waals surface area contributed by atoms with Gasteiger partial charge < -0.3 is 0 Å². The van der Waals surface area contributed by atoms with Crippen molar-refractivity contribution >= 4 is 0 Å². The van der Waals surface area contributed by atoms with E-state index in [0.717, 1.165) is 42.4 Å². The molecule has 0 N–H and O–H groups in total. The van der Waals surface area contributed by atoms with E-state index in [2.05, 4.69) is 129 Å². The van der Waals surface area contributed by atoms with Gasteiger partial charge in [0, 0.05) is 0 Å². The van der Waals surface area contributed by atoms with E-state index in [1.807, 2.05) is 53.7 Å². The van der Waals surface area contributed by atoms with E-state index < -0.39 is 0 Å². The normalized spacial score (nSPS) is 7.26. The van der Waals surface area contributed by atoms with Gasteiger partial charge in [-0.15, -0.1) is 39.5 Å². The first-order valence-electron chi connectivity index (χ1n) is 14.9. The van der Waals surface area contributed by atoms with Crippen molar-refractivity contribution in [2.45, 2.75) is 144 Å². The van der Waals surface area contributed by atoms with Crippen molar-refractivity contribution in [3.63, 3.8) is 0 Å². The molecule has 0 aromatic carbocycles. The van der Waals surface area contributed by atoms with Crippen molar-refractivity contribution in [1.29, 1.82) is 0 Å². The van der Waals surface area contributed by atoms with Gasteiger partial charge in [0.15, 0.2) is 0 Å². The van der Waals surface area contributed by atoms with Crippen LogP contribution in [-0.2, 0) is 0 Å². The van der Waals surface area contributed by atoms with E-state index in [4.69, 9.17) is 0 Å². The molecular weight excluding hydrogens is 456 g/mol. The van der Waals surface area contributed by atoms with Gasteiger partial charge >= 0.3 is 0 Å². The zero-order chi connectivity index (χ0) is 33.5. The monoisotopic (exact) mass is 541 g/mol. The molecule has 0 nitrogen and oxygen atoms in total. The van der Waals surface area contributed by atoms with E-state index >= 15 is 0 Å². The van der Waals surface area contributed by atoms with Crippen LogP contribution in [0.4, 0.5) is 0 Å². The highest BCUT2D eigenvalue weighted by Crippen LogP contribution is 1.97. The molecule has 0 aliphatic carbocycles. The maximum atomic E-state index is 3.60. The van der Waals surface area contributed by atoms with Gasteiger partial charge in [-0.2, -0.15) is 0 Å². The van der Waals surface area contributed by atoms with Crippen LogP contribution in [-0.4, -0.2) is 0 Å². The van der Waals surface area contributed by atoms with E-state index in [0.29, 0.717) is 0 Å². The van der Waals surface area contributed by atoms with Crippen molar-refractivity contribution in [3.05, 3.63) is 75.9 Å². The predicted octanol–water partition coefficient (Wildman–Crippen LogP) is 15.2. The lowest BCUT2D eigenvalue weighted by atomic mass is 10.1. The fourth-order valence-corrected chi connectivity index (χ4v) is 0.667. The molecule has 0 amide bonds. The second-order valence-corrected chi connectivity index (χ2v) is 10.7. The van der Waals surface area contributed by atoms with Crippen LogP contribution in [0, 0.1) is 29.6 Å². The lowest BCUT2D eigenvalue weighted by Crippen LogP contribution is -1.78. The lowest BCUT2D eigenvalue weighted by molar-refractivity contribution is 0.664. The first kappa shape index (κ1) is 65.5. The Bertz CT molecular complexity index is 277. The second-order valence-electron chi connectivity index (χ2n) is 10.7. The van der Waals surface area contributed by atoms with Gasteiger partial charge in [-0.3, -0.25) is 0 Å². The summed E-state index contributed by atoms with van der Waals surface area (Å²) < 4.78 is 0. The molecule has 0 heterocycles. The van der Waals surface area contributed by atoms with E-state index in [-0.39, 0.29) is 0 Å². The van der Waals surface area contributed by atoms with Crippen LogP contribution >= 0.6 is 0 Å². The number of rotatable bonds is 4. The van der Waals surface area contributed by atoms with Gasteiger partial charge in [-0.25, -0.2) is 0 Å². The fraction of sp³-hybridized carbons (Fsp3) is 0.684. The molecule has 0 spiro atoms. The van der Waals surface area contributed by atoms with E-state index in [1.165, 1.54) is 0 Å². The van der Waals surface area contributed by atoms with Crippen LogP contribution in [0.25, 0.3) is 0 Å². The first-order valence-corrected chi connectivity index (χ1v) is 14.9. The van der Waals surface area contributed by atoms with Crippen molar-refractivity contribution in [2.24, 2.45) is 29.6 Å². The molecule has 0 aliphatic rings. The third-order valence-corrected chi connectivity index (χ3v) is 1.28. The molecule has 0 heteroatoms. The first-order chi connectivity index (χ1) is 17.4. The SMILES string of the molecule is C=CC.C=CC.C=CC.C=CC.C=CCC(C)C.C=CCC(C)C.CC.CC(C)C.CC(C)C.CC(C)C. The summed E-state index contributed by atoms with van der Waals surface area (Å²) in [5.74, 6) is 4.06. The Morgan fingerprint density at radius 2 is 0.447 bits per heavy atom. The van der Waals surface area contributed by atoms with E-state index in [9.17, 15) is 0 Å². The molecule has 236 valence electrons. The fourth-order valence-electron chi connectivity index (χ4n) is 0.667.